The standard InChI is InChI=1S/C16H17ClO4/c1-10-4-5-11(17)8-12(10)16(14(20)21)7-3-6-15(2,9-16)13(18)19/h3-5,7-8H,6,9H2,1-2H3,(H,18,19)(H,20,21). The molecule has 2 unspecified atom stereocenters. The molecular formula is C16H17ClO4. The van der Waals surface area contributed by atoms with Crippen LogP contribution in [0.25, 0.3) is 0 Å². The van der Waals surface area contributed by atoms with Crippen LogP contribution in [-0.4, -0.2) is 22.2 Å². The molecule has 21 heavy (non-hydrogen) atoms. The summed E-state index contributed by atoms with van der Waals surface area (Å²) in [4.78, 5) is 23.5. The van der Waals surface area contributed by atoms with Crippen molar-refractivity contribution in [3.05, 3.63) is 46.5 Å². The van der Waals surface area contributed by atoms with Gasteiger partial charge < -0.3 is 10.2 Å². The van der Waals surface area contributed by atoms with E-state index in [0.29, 0.717) is 17.0 Å². The fourth-order valence-corrected chi connectivity index (χ4v) is 3.12. The van der Waals surface area contributed by atoms with Crippen molar-refractivity contribution < 1.29 is 19.8 Å². The van der Waals surface area contributed by atoms with Gasteiger partial charge in [0.05, 0.1) is 5.41 Å². The fraction of sp³-hybridized carbons (Fsp3) is 0.375. The Morgan fingerprint density at radius 2 is 1.90 bits per heavy atom. The summed E-state index contributed by atoms with van der Waals surface area (Å²) in [5, 5.41) is 19.7. The number of carboxylic acids is 2. The van der Waals surface area contributed by atoms with Crippen LogP contribution in [-0.2, 0) is 15.0 Å². The average molecular weight is 309 g/mol. The van der Waals surface area contributed by atoms with Crippen molar-refractivity contribution in [2.24, 2.45) is 5.41 Å². The molecule has 2 N–H and O–H groups in total. The van der Waals surface area contributed by atoms with E-state index in [1.807, 2.05) is 0 Å². The van der Waals surface area contributed by atoms with Crippen LogP contribution in [0.1, 0.15) is 30.9 Å². The number of halogens is 1. The van der Waals surface area contributed by atoms with Gasteiger partial charge in [-0.05, 0) is 49.9 Å². The van der Waals surface area contributed by atoms with Gasteiger partial charge >= 0.3 is 11.9 Å². The monoisotopic (exact) mass is 308 g/mol. The Kier molecular flexibility index (Phi) is 3.85. The van der Waals surface area contributed by atoms with Gasteiger partial charge in [0.1, 0.15) is 5.41 Å². The van der Waals surface area contributed by atoms with E-state index in [2.05, 4.69) is 0 Å². The van der Waals surface area contributed by atoms with E-state index in [1.165, 1.54) is 0 Å². The molecule has 0 amide bonds. The number of carbonyl (C=O) groups is 2. The second kappa shape index (κ2) is 5.19. The highest BCUT2D eigenvalue weighted by molar-refractivity contribution is 6.30. The normalized spacial score (nSPS) is 28.3. The number of benzene rings is 1. The third kappa shape index (κ3) is 2.56. The molecule has 0 saturated heterocycles. The molecule has 1 aromatic rings. The zero-order valence-corrected chi connectivity index (χ0v) is 12.6. The van der Waals surface area contributed by atoms with Gasteiger partial charge in [0.2, 0.25) is 0 Å². The van der Waals surface area contributed by atoms with Gasteiger partial charge in [-0.1, -0.05) is 29.8 Å². The molecule has 2 atom stereocenters. The van der Waals surface area contributed by atoms with Crippen LogP contribution >= 0.6 is 11.6 Å². The summed E-state index contributed by atoms with van der Waals surface area (Å²) in [7, 11) is 0. The minimum atomic E-state index is -1.36. The Morgan fingerprint density at radius 1 is 1.24 bits per heavy atom. The topological polar surface area (TPSA) is 74.6 Å². The predicted molar refractivity (Wildman–Crippen MR) is 79.6 cm³/mol. The van der Waals surface area contributed by atoms with Crippen molar-refractivity contribution in [3.63, 3.8) is 0 Å². The lowest BCUT2D eigenvalue weighted by molar-refractivity contribution is -0.152. The predicted octanol–water partition coefficient (Wildman–Crippen LogP) is 3.41. The molecule has 0 spiro atoms. The Hall–Kier alpha value is -1.81. The van der Waals surface area contributed by atoms with Crippen molar-refractivity contribution in [3.8, 4) is 0 Å². The first-order valence-corrected chi connectivity index (χ1v) is 7.00. The van der Waals surface area contributed by atoms with E-state index >= 15 is 0 Å². The quantitative estimate of drug-likeness (QED) is 0.839. The molecule has 0 aromatic heterocycles. The lowest BCUT2D eigenvalue weighted by Gasteiger charge is -2.39. The fourth-order valence-electron chi connectivity index (χ4n) is 2.95. The summed E-state index contributed by atoms with van der Waals surface area (Å²) < 4.78 is 0. The largest absolute Gasteiger partial charge is 0.481 e. The van der Waals surface area contributed by atoms with Crippen LogP contribution in [0.4, 0.5) is 0 Å². The number of carboxylic acid groups (broad SMARTS) is 2. The molecule has 0 fully saturated rings. The minimum Gasteiger partial charge on any atom is -0.481 e. The zero-order chi connectivity index (χ0) is 15.8. The average Bonchev–Trinajstić information content (AvgIpc) is 2.41. The molecule has 2 rings (SSSR count). The summed E-state index contributed by atoms with van der Waals surface area (Å²) in [5.41, 5.74) is -1.14. The Balaban J connectivity index is 2.65. The van der Waals surface area contributed by atoms with E-state index in [0.717, 1.165) is 5.56 Å². The van der Waals surface area contributed by atoms with Gasteiger partial charge in [0, 0.05) is 5.02 Å². The molecule has 1 aliphatic rings. The zero-order valence-electron chi connectivity index (χ0n) is 11.9. The lowest BCUT2D eigenvalue weighted by Crippen LogP contribution is -2.45. The molecule has 4 nitrogen and oxygen atoms in total. The molecular weight excluding hydrogens is 292 g/mol. The molecule has 1 aliphatic carbocycles. The maximum atomic E-state index is 12.0. The summed E-state index contributed by atoms with van der Waals surface area (Å²) >= 11 is 6.00. The molecule has 0 bridgehead atoms. The van der Waals surface area contributed by atoms with Crippen LogP contribution < -0.4 is 0 Å². The van der Waals surface area contributed by atoms with E-state index in [9.17, 15) is 19.8 Å². The second-order valence-electron chi connectivity index (χ2n) is 5.88. The third-order valence-electron chi connectivity index (χ3n) is 4.22. The molecule has 0 aliphatic heterocycles. The van der Waals surface area contributed by atoms with E-state index in [-0.39, 0.29) is 6.42 Å². The maximum absolute atomic E-state index is 12.0. The van der Waals surface area contributed by atoms with Gasteiger partial charge in [-0.15, -0.1) is 0 Å². The number of aryl methyl sites for hydroxylation is 1. The van der Waals surface area contributed by atoms with E-state index in [1.54, 1.807) is 44.2 Å². The van der Waals surface area contributed by atoms with Gasteiger partial charge in [-0.25, -0.2) is 0 Å². The number of allylic oxidation sites excluding steroid dienone is 1. The van der Waals surface area contributed by atoms with Crippen molar-refractivity contribution in [2.75, 3.05) is 0 Å². The SMILES string of the molecule is Cc1ccc(Cl)cc1C1(C(=O)O)C=CCC(C)(C(=O)O)C1. The van der Waals surface area contributed by atoms with Crippen LogP contribution in [0.15, 0.2) is 30.4 Å². The maximum Gasteiger partial charge on any atom is 0.318 e. The molecule has 0 saturated carbocycles. The van der Waals surface area contributed by atoms with Crippen molar-refractivity contribution in [1.29, 1.82) is 0 Å². The Bertz CT molecular complexity index is 637. The second-order valence-corrected chi connectivity index (χ2v) is 6.32. The van der Waals surface area contributed by atoms with Crippen molar-refractivity contribution >= 4 is 23.5 Å². The highest BCUT2D eigenvalue weighted by Gasteiger charge is 2.50. The molecule has 112 valence electrons. The summed E-state index contributed by atoms with van der Waals surface area (Å²) in [6, 6.07) is 5.06. The molecule has 0 heterocycles. The van der Waals surface area contributed by atoms with Gasteiger partial charge in [0.25, 0.3) is 0 Å². The number of rotatable bonds is 3. The third-order valence-corrected chi connectivity index (χ3v) is 4.45. The number of hydrogen-bond acceptors (Lipinski definition) is 2. The summed E-state index contributed by atoms with van der Waals surface area (Å²) in [6.07, 6.45) is 3.56. The van der Waals surface area contributed by atoms with Crippen LogP contribution in [0.3, 0.4) is 0 Å². The molecule has 0 radical (unpaired) electrons. The minimum absolute atomic E-state index is 0.00233. The first-order chi connectivity index (χ1) is 9.71. The first-order valence-electron chi connectivity index (χ1n) is 6.62. The smallest absolute Gasteiger partial charge is 0.318 e. The first kappa shape index (κ1) is 15.6. The highest BCUT2D eigenvalue weighted by atomic mass is 35.5. The van der Waals surface area contributed by atoms with Gasteiger partial charge in [0.15, 0.2) is 0 Å². The van der Waals surface area contributed by atoms with Crippen LogP contribution in [0.2, 0.25) is 5.02 Å². The van der Waals surface area contributed by atoms with Crippen molar-refractivity contribution in [2.45, 2.75) is 32.1 Å². The van der Waals surface area contributed by atoms with Crippen molar-refractivity contribution in [1.82, 2.24) is 0 Å². The molecule has 1 aromatic carbocycles. The Morgan fingerprint density at radius 3 is 2.48 bits per heavy atom. The summed E-state index contributed by atoms with van der Waals surface area (Å²) in [5.74, 6) is -2.05. The van der Waals surface area contributed by atoms with Gasteiger partial charge in [-0.3, -0.25) is 9.59 Å². The van der Waals surface area contributed by atoms with E-state index in [4.69, 9.17) is 11.6 Å². The highest BCUT2D eigenvalue weighted by Crippen LogP contribution is 2.46. The summed E-state index contributed by atoms with van der Waals surface area (Å²) in [6.45, 7) is 3.38. The molecule has 5 heteroatoms. The lowest BCUT2D eigenvalue weighted by atomic mass is 9.63. The number of aliphatic carboxylic acids is 2. The van der Waals surface area contributed by atoms with Gasteiger partial charge in [-0.2, -0.15) is 0 Å². The van der Waals surface area contributed by atoms with Crippen LogP contribution in [0, 0.1) is 12.3 Å². The van der Waals surface area contributed by atoms with E-state index < -0.39 is 22.8 Å². The van der Waals surface area contributed by atoms with Crippen LogP contribution in [0.5, 0.6) is 0 Å². The number of hydrogen-bond donors (Lipinski definition) is 2. The Labute approximate surface area is 128 Å².